The Labute approximate surface area is 105 Å². The number of nitrogens with two attached hydrogens (primary N) is 1. The molecule has 6 heteroatoms. The third-order valence-electron chi connectivity index (χ3n) is 2.47. The zero-order valence-corrected chi connectivity index (χ0v) is 10.3. The Morgan fingerprint density at radius 2 is 2.06 bits per heavy atom. The molecular weight excluding hydrogens is 238 g/mol. The molecule has 0 amide bonds. The molecule has 17 heavy (non-hydrogen) atoms. The lowest BCUT2D eigenvalue weighted by molar-refractivity contribution is 0.642. The molecule has 0 aromatic carbocycles. The summed E-state index contributed by atoms with van der Waals surface area (Å²) in [5.41, 5.74) is 6.90. The van der Waals surface area contributed by atoms with Gasteiger partial charge in [0.05, 0.1) is 17.4 Å². The van der Waals surface area contributed by atoms with Crippen molar-refractivity contribution in [3.8, 4) is 5.95 Å². The number of hydrogen-bond acceptors (Lipinski definition) is 4. The largest absolute Gasteiger partial charge is 0.327 e. The van der Waals surface area contributed by atoms with Gasteiger partial charge < -0.3 is 5.73 Å². The Hall–Kier alpha value is -1.46. The fraction of sp³-hybridized carbons (Fsp3) is 0.364. The van der Waals surface area contributed by atoms with Crippen LogP contribution in [-0.4, -0.2) is 25.8 Å². The number of hydrogen-bond donors (Lipinski definition) is 1. The monoisotopic (exact) mass is 251 g/mol. The maximum absolute atomic E-state index is 5.87. The summed E-state index contributed by atoms with van der Waals surface area (Å²) in [6, 6.07) is 0.156. The van der Waals surface area contributed by atoms with Crippen LogP contribution in [0.1, 0.15) is 18.9 Å². The molecule has 0 radical (unpaired) electrons. The highest BCUT2D eigenvalue weighted by molar-refractivity contribution is 6.30. The maximum Gasteiger partial charge on any atom is 0.250 e. The van der Waals surface area contributed by atoms with E-state index in [0.29, 0.717) is 11.0 Å². The molecule has 0 spiro atoms. The maximum atomic E-state index is 5.87. The number of nitrogens with zero attached hydrogens (tertiary/aromatic N) is 4. The van der Waals surface area contributed by atoms with E-state index < -0.39 is 0 Å². The van der Waals surface area contributed by atoms with Crippen LogP contribution in [0, 0.1) is 0 Å². The Bertz CT molecular complexity index is 479. The molecule has 1 atom stereocenters. The van der Waals surface area contributed by atoms with Gasteiger partial charge in [0, 0.05) is 18.4 Å². The lowest BCUT2D eigenvalue weighted by Gasteiger charge is -2.07. The number of aromatic nitrogens is 4. The first-order valence-electron chi connectivity index (χ1n) is 5.46. The topological polar surface area (TPSA) is 69.6 Å². The van der Waals surface area contributed by atoms with E-state index in [2.05, 4.69) is 22.0 Å². The van der Waals surface area contributed by atoms with Gasteiger partial charge in [-0.15, -0.1) is 0 Å². The summed E-state index contributed by atoms with van der Waals surface area (Å²) in [6.07, 6.45) is 8.48. The van der Waals surface area contributed by atoms with E-state index in [4.69, 9.17) is 17.3 Å². The Balaban J connectivity index is 2.13. The van der Waals surface area contributed by atoms with Crippen LogP contribution in [0.3, 0.4) is 0 Å². The fourth-order valence-electron chi connectivity index (χ4n) is 1.43. The summed E-state index contributed by atoms with van der Waals surface area (Å²) < 4.78 is 1.53. The Kier molecular flexibility index (Phi) is 3.71. The molecule has 2 aromatic rings. The molecule has 0 aliphatic rings. The van der Waals surface area contributed by atoms with Crippen LogP contribution in [0.5, 0.6) is 0 Å². The van der Waals surface area contributed by atoms with E-state index in [0.717, 1.165) is 18.4 Å². The second kappa shape index (κ2) is 5.25. The van der Waals surface area contributed by atoms with Crippen molar-refractivity contribution < 1.29 is 0 Å². The van der Waals surface area contributed by atoms with Gasteiger partial charge in [-0.1, -0.05) is 18.5 Å². The molecule has 0 bridgehead atoms. The molecule has 0 fully saturated rings. The first-order chi connectivity index (χ1) is 8.19. The van der Waals surface area contributed by atoms with E-state index in [1.807, 2.05) is 0 Å². The van der Waals surface area contributed by atoms with Crippen molar-refractivity contribution in [2.75, 3.05) is 0 Å². The van der Waals surface area contributed by atoms with Crippen molar-refractivity contribution in [1.82, 2.24) is 19.7 Å². The van der Waals surface area contributed by atoms with Gasteiger partial charge in [-0.05, 0) is 18.4 Å². The fourth-order valence-corrected chi connectivity index (χ4v) is 1.57. The zero-order valence-electron chi connectivity index (χ0n) is 9.55. The van der Waals surface area contributed by atoms with Gasteiger partial charge in [0.1, 0.15) is 0 Å². The van der Waals surface area contributed by atoms with Gasteiger partial charge in [0.15, 0.2) is 0 Å². The van der Waals surface area contributed by atoms with Crippen molar-refractivity contribution in [3.63, 3.8) is 0 Å². The van der Waals surface area contributed by atoms with Crippen molar-refractivity contribution in [2.24, 2.45) is 5.73 Å². The van der Waals surface area contributed by atoms with Crippen molar-refractivity contribution in [3.05, 3.63) is 35.4 Å². The van der Waals surface area contributed by atoms with E-state index in [9.17, 15) is 0 Å². The van der Waals surface area contributed by atoms with Crippen LogP contribution in [0.4, 0.5) is 0 Å². The summed E-state index contributed by atoms with van der Waals surface area (Å²) in [7, 11) is 0. The minimum Gasteiger partial charge on any atom is -0.327 e. The average Bonchev–Trinajstić information content (AvgIpc) is 2.77. The van der Waals surface area contributed by atoms with Gasteiger partial charge >= 0.3 is 0 Å². The lowest BCUT2D eigenvalue weighted by Crippen LogP contribution is -2.21. The molecule has 0 saturated heterocycles. The van der Waals surface area contributed by atoms with Crippen molar-refractivity contribution >= 4 is 11.6 Å². The zero-order chi connectivity index (χ0) is 12.3. The van der Waals surface area contributed by atoms with Crippen molar-refractivity contribution in [2.45, 2.75) is 25.8 Å². The second-order valence-corrected chi connectivity index (χ2v) is 4.30. The Morgan fingerprint density at radius 1 is 1.35 bits per heavy atom. The molecule has 5 nitrogen and oxygen atoms in total. The standard InChI is InChI=1S/C11H14ClN5/c1-2-10(13)3-8-4-14-11(15-5-8)17-7-9(12)6-16-17/h4-7,10H,2-3,13H2,1H3. The minimum atomic E-state index is 0.156. The molecule has 2 rings (SSSR count). The van der Waals surface area contributed by atoms with Gasteiger partial charge in [0.25, 0.3) is 0 Å². The smallest absolute Gasteiger partial charge is 0.250 e. The van der Waals surface area contributed by atoms with Crippen LogP contribution in [0.2, 0.25) is 5.02 Å². The number of halogens is 1. The molecule has 2 heterocycles. The van der Waals surface area contributed by atoms with E-state index >= 15 is 0 Å². The van der Waals surface area contributed by atoms with E-state index in [-0.39, 0.29) is 6.04 Å². The summed E-state index contributed by atoms with van der Waals surface area (Å²) in [4.78, 5) is 8.45. The highest BCUT2D eigenvalue weighted by Crippen LogP contribution is 2.09. The van der Waals surface area contributed by atoms with Crippen LogP contribution in [0.25, 0.3) is 5.95 Å². The third kappa shape index (κ3) is 3.01. The third-order valence-corrected chi connectivity index (χ3v) is 2.67. The molecule has 90 valence electrons. The molecule has 1 unspecified atom stereocenters. The predicted octanol–water partition coefficient (Wildman–Crippen LogP) is 1.60. The summed E-state index contributed by atoms with van der Waals surface area (Å²) in [5.74, 6) is 0.505. The molecule has 0 aliphatic heterocycles. The second-order valence-electron chi connectivity index (χ2n) is 3.87. The summed E-state index contributed by atoms with van der Waals surface area (Å²) in [5, 5.41) is 4.59. The summed E-state index contributed by atoms with van der Waals surface area (Å²) in [6.45, 7) is 2.06. The average molecular weight is 252 g/mol. The van der Waals surface area contributed by atoms with E-state index in [1.165, 1.54) is 4.68 Å². The van der Waals surface area contributed by atoms with Gasteiger partial charge in [-0.3, -0.25) is 0 Å². The predicted molar refractivity (Wildman–Crippen MR) is 66.1 cm³/mol. The molecule has 2 aromatic heterocycles. The highest BCUT2D eigenvalue weighted by Gasteiger charge is 2.05. The highest BCUT2D eigenvalue weighted by atomic mass is 35.5. The van der Waals surface area contributed by atoms with Crippen molar-refractivity contribution in [1.29, 1.82) is 0 Å². The van der Waals surface area contributed by atoms with Crippen LogP contribution >= 0.6 is 11.6 Å². The quantitative estimate of drug-likeness (QED) is 0.896. The van der Waals surface area contributed by atoms with Gasteiger partial charge in [-0.2, -0.15) is 5.10 Å². The van der Waals surface area contributed by atoms with E-state index in [1.54, 1.807) is 24.8 Å². The summed E-state index contributed by atoms with van der Waals surface area (Å²) >= 11 is 5.77. The molecular formula is C11H14ClN5. The first-order valence-corrected chi connectivity index (χ1v) is 5.84. The van der Waals surface area contributed by atoms with Gasteiger partial charge in [-0.25, -0.2) is 14.6 Å². The first kappa shape index (κ1) is 12.0. The van der Waals surface area contributed by atoms with Crippen LogP contribution in [0.15, 0.2) is 24.8 Å². The minimum absolute atomic E-state index is 0.156. The number of rotatable bonds is 4. The van der Waals surface area contributed by atoms with Gasteiger partial charge in [0.2, 0.25) is 5.95 Å². The molecule has 2 N–H and O–H groups in total. The molecule has 0 saturated carbocycles. The SMILES string of the molecule is CCC(N)Cc1cnc(-n2cc(Cl)cn2)nc1. The van der Waals surface area contributed by atoms with Crippen LogP contribution in [-0.2, 0) is 6.42 Å². The Morgan fingerprint density at radius 3 is 2.59 bits per heavy atom. The normalized spacial score (nSPS) is 12.6. The lowest BCUT2D eigenvalue weighted by atomic mass is 10.1. The molecule has 0 aliphatic carbocycles. The van der Waals surface area contributed by atoms with Crippen LogP contribution < -0.4 is 5.73 Å².